The molecule has 25 heavy (non-hydrogen) atoms. The van der Waals surface area contributed by atoms with Crippen molar-refractivity contribution in [3.05, 3.63) is 36.2 Å². The first kappa shape index (κ1) is 15.6. The molecule has 0 spiro atoms. The van der Waals surface area contributed by atoms with Gasteiger partial charge < -0.3 is 15.2 Å². The minimum absolute atomic E-state index is 0.0157. The number of hydrogen-bond donors (Lipinski definition) is 1. The third-order valence-electron chi connectivity index (χ3n) is 4.62. The number of nitrogens with two attached hydrogens (primary N) is 1. The van der Waals surface area contributed by atoms with Crippen LogP contribution in [0.4, 0.5) is 10.3 Å². The molecule has 3 heterocycles. The number of carbonyl (C=O) groups is 1. The standard InChI is InChI=1S/C16H18FN7O/c1-22-12-6-2-5-11(17)13(12)20-16(22)23-7-3-4-10(8-23)24-9-19-15(21-24)14(18)25/h2,5-6,9-10H,3-4,7-8H2,1H3,(H2,18,25)/t10-/m1/s1. The summed E-state index contributed by atoms with van der Waals surface area (Å²) in [5.74, 6) is -0.227. The van der Waals surface area contributed by atoms with Gasteiger partial charge in [0.25, 0.3) is 5.91 Å². The summed E-state index contributed by atoms with van der Waals surface area (Å²) in [5, 5.41) is 4.16. The van der Waals surface area contributed by atoms with E-state index < -0.39 is 5.91 Å². The van der Waals surface area contributed by atoms with Crippen LogP contribution in [-0.2, 0) is 7.05 Å². The van der Waals surface area contributed by atoms with Crippen molar-refractivity contribution in [3.63, 3.8) is 0 Å². The zero-order chi connectivity index (χ0) is 17.6. The van der Waals surface area contributed by atoms with Gasteiger partial charge in [-0.15, -0.1) is 5.10 Å². The van der Waals surface area contributed by atoms with Crippen molar-refractivity contribution in [3.8, 4) is 0 Å². The minimum Gasteiger partial charge on any atom is -0.363 e. The number of nitrogens with zero attached hydrogens (tertiary/aromatic N) is 6. The lowest BCUT2D eigenvalue weighted by atomic mass is 10.1. The molecule has 4 rings (SSSR count). The third kappa shape index (κ3) is 2.61. The molecule has 1 amide bonds. The van der Waals surface area contributed by atoms with E-state index in [2.05, 4.69) is 20.0 Å². The van der Waals surface area contributed by atoms with Gasteiger partial charge in [0.2, 0.25) is 11.8 Å². The second-order valence-electron chi connectivity index (χ2n) is 6.23. The Balaban J connectivity index is 1.64. The predicted molar refractivity (Wildman–Crippen MR) is 89.7 cm³/mol. The molecule has 0 aliphatic carbocycles. The fourth-order valence-electron chi connectivity index (χ4n) is 3.37. The van der Waals surface area contributed by atoms with Crippen molar-refractivity contribution in [2.75, 3.05) is 18.0 Å². The van der Waals surface area contributed by atoms with Crippen molar-refractivity contribution >= 4 is 22.9 Å². The Morgan fingerprint density at radius 2 is 2.24 bits per heavy atom. The zero-order valence-corrected chi connectivity index (χ0v) is 13.8. The van der Waals surface area contributed by atoms with Crippen molar-refractivity contribution in [1.29, 1.82) is 0 Å². The van der Waals surface area contributed by atoms with Crippen LogP contribution in [0.3, 0.4) is 0 Å². The van der Waals surface area contributed by atoms with E-state index in [-0.39, 0.29) is 17.7 Å². The van der Waals surface area contributed by atoms with Gasteiger partial charge in [-0.3, -0.25) is 4.79 Å². The van der Waals surface area contributed by atoms with Crippen LogP contribution in [0.25, 0.3) is 11.0 Å². The molecule has 9 heteroatoms. The molecule has 0 saturated carbocycles. The Bertz CT molecular complexity index is 947. The highest BCUT2D eigenvalue weighted by molar-refractivity contribution is 5.88. The van der Waals surface area contributed by atoms with E-state index in [1.54, 1.807) is 10.7 Å². The van der Waals surface area contributed by atoms with Crippen LogP contribution in [0.5, 0.6) is 0 Å². The molecular formula is C16H18FN7O. The highest BCUT2D eigenvalue weighted by Crippen LogP contribution is 2.28. The quantitative estimate of drug-likeness (QED) is 0.772. The Kier molecular flexibility index (Phi) is 3.63. The minimum atomic E-state index is -0.641. The molecule has 1 atom stereocenters. The van der Waals surface area contributed by atoms with Crippen molar-refractivity contribution in [2.24, 2.45) is 12.8 Å². The average molecular weight is 343 g/mol. The molecule has 130 valence electrons. The predicted octanol–water partition coefficient (Wildman–Crippen LogP) is 1.24. The number of rotatable bonds is 3. The maximum atomic E-state index is 14.0. The number of halogens is 1. The molecule has 0 unspecified atom stereocenters. The number of imidazole rings is 1. The smallest absolute Gasteiger partial charge is 0.288 e. The van der Waals surface area contributed by atoms with Crippen LogP contribution in [-0.4, -0.2) is 43.3 Å². The molecule has 3 aromatic rings. The number of primary amides is 1. The summed E-state index contributed by atoms with van der Waals surface area (Å²) in [6.07, 6.45) is 3.38. The highest BCUT2D eigenvalue weighted by Gasteiger charge is 2.26. The zero-order valence-electron chi connectivity index (χ0n) is 13.8. The number of aromatic nitrogens is 5. The number of anilines is 1. The topological polar surface area (TPSA) is 94.9 Å². The van der Waals surface area contributed by atoms with Gasteiger partial charge >= 0.3 is 0 Å². The van der Waals surface area contributed by atoms with E-state index in [4.69, 9.17) is 5.73 Å². The first-order valence-electron chi connectivity index (χ1n) is 8.11. The lowest BCUT2D eigenvalue weighted by Crippen LogP contribution is -2.38. The normalized spacial score (nSPS) is 18.0. The fraction of sp³-hybridized carbons (Fsp3) is 0.375. The van der Waals surface area contributed by atoms with Crippen molar-refractivity contribution in [2.45, 2.75) is 18.9 Å². The second kappa shape index (κ2) is 5.83. The Morgan fingerprint density at radius 3 is 2.96 bits per heavy atom. The summed E-state index contributed by atoms with van der Waals surface area (Å²) in [6.45, 7) is 1.48. The van der Waals surface area contributed by atoms with E-state index in [1.807, 2.05) is 17.7 Å². The van der Waals surface area contributed by atoms with E-state index in [0.29, 0.717) is 12.1 Å². The highest BCUT2D eigenvalue weighted by atomic mass is 19.1. The van der Waals surface area contributed by atoms with E-state index >= 15 is 0 Å². The number of aryl methyl sites for hydroxylation is 1. The molecule has 0 radical (unpaired) electrons. The molecule has 0 bridgehead atoms. The maximum absolute atomic E-state index is 14.0. The number of para-hydroxylation sites is 1. The molecule has 1 aliphatic heterocycles. The number of amides is 1. The molecule has 1 fully saturated rings. The van der Waals surface area contributed by atoms with E-state index in [9.17, 15) is 9.18 Å². The van der Waals surface area contributed by atoms with Gasteiger partial charge in [-0.05, 0) is 25.0 Å². The first-order valence-corrected chi connectivity index (χ1v) is 8.11. The van der Waals surface area contributed by atoms with Crippen molar-refractivity contribution in [1.82, 2.24) is 24.3 Å². The molecular weight excluding hydrogens is 325 g/mol. The lowest BCUT2D eigenvalue weighted by molar-refractivity contribution is 0.0990. The Morgan fingerprint density at radius 1 is 1.40 bits per heavy atom. The van der Waals surface area contributed by atoms with Crippen LogP contribution in [0, 0.1) is 5.82 Å². The van der Waals surface area contributed by atoms with Gasteiger partial charge in [0.05, 0.1) is 11.6 Å². The number of hydrogen-bond acceptors (Lipinski definition) is 5. The monoisotopic (exact) mass is 343 g/mol. The van der Waals surface area contributed by atoms with Crippen LogP contribution >= 0.6 is 0 Å². The maximum Gasteiger partial charge on any atom is 0.288 e. The number of benzene rings is 1. The summed E-state index contributed by atoms with van der Waals surface area (Å²) < 4.78 is 17.6. The molecule has 8 nitrogen and oxygen atoms in total. The summed E-state index contributed by atoms with van der Waals surface area (Å²) in [7, 11) is 1.88. The van der Waals surface area contributed by atoms with Crippen LogP contribution in [0.1, 0.15) is 29.5 Å². The van der Waals surface area contributed by atoms with Crippen LogP contribution in [0.2, 0.25) is 0 Å². The number of piperidine rings is 1. The number of carbonyl (C=O) groups excluding carboxylic acids is 1. The summed E-state index contributed by atoms with van der Waals surface area (Å²) in [4.78, 5) is 21.7. The van der Waals surface area contributed by atoms with Gasteiger partial charge in [-0.25, -0.2) is 19.0 Å². The number of fused-ring (bicyclic) bond motifs is 1. The van der Waals surface area contributed by atoms with Gasteiger partial charge in [0.15, 0.2) is 5.82 Å². The van der Waals surface area contributed by atoms with E-state index in [1.165, 1.54) is 12.4 Å². The summed E-state index contributed by atoms with van der Waals surface area (Å²) in [6, 6.07) is 5.01. The van der Waals surface area contributed by atoms with Gasteiger partial charge in [0.1, 0.15) is 11.8 Å². The van der Waals surface area contributed by atoms with Crippen molar-refractivity contribution < 1.29 is 9.18 Å². The average Bonchev–Trinajstić information content (AvgIpc) is 3.22. The summed E-state index contributed by atoms with van der Waals surface area (Å²) >= 11 is 0. The Labute approximate surface area is 143 Å². The van der Waals surface area contributed by atoms with E-state index in [0.717, 1.165) is 30.9 Å². The second-order valence-corrected chi connectivity index (χ2v) is 6.23. The van der Waals surface area contributed by atoms with Crippen LogP contribution < -0.4 is 10.6 Å². The molecule has 2 aromatic heterocycles. The molecule has 1 aromatic carbocycles. The molecule has 1 aliphatic rings. The lowest BCUT2D eigenvalue weighted by Gasteiger charge is -2.33. The SMILES string of the molecule is Cn1c(N2CCC[C@@H](n3cnc(C(N)=O)n3)C2)nc2c(F)cccc21. The molecule has 1 saturated heterocycles. The molecule has 2 N–H and O–H groups in total. The first-order chi connectivity index (χ1) is 12.0. The van der Waals surface area contributed by atoms with Gasteiger partial charge in [-0.2, -0.15) is 0 Å². The fourth-order valence-corrected chi connectivity index (χ4v) is 3.37. The largest absolute Gasteiger partial charge is 0.363 e. The third-order valence-corrected chi connectivity index (χ3v) is 4.62. The Hall–Kier alpha value is -2.97. The van der Waals surface area contributed by atoms with Gasteiger partial charge in [0, 0.05) is 20.1 Å². The van der Waals surface area contributed by atoms with Gasteiger partial charge in [-0.1, -0.05) is 6.07 Å². The van der Waals surface area contributed by atoms with Crippen LogP contribution in [0.15, 0.2) is 24.5 Å². The summed E-state index contributed by atoms with van der Waals surface area (Å²) in [5.41, 5.74) is 6.35.